The van der Waals surface area contributed by atoms with Crippen LogP contribution >= 0.6 is 0 Å². The lowest BCUT2D eigenvalue weighted by molar-refractivity contribution is 0.660. The maximum atomic E-state index is 2.45. The van der Waals surface area contributed by atoms with Crippen LogP contribution in [0.1, 0.15) is 25.0 Å². The molecule has 1 aromatic heterocycles. The van der Waals surface area contributed by atoms with Gasteiger partial charge in [-0.1, -0.05) is 117 Å². The van der Waals surface area contributed by atoms with Gasteiger partial charge in [0.2, 0.25) is 0 Å². The van der Waals surface area contributed by atoms with Crippen LogP contribution in [0.5, 0.6) is 0 Å². The van der Waals surface area contributed by atoms with Gasteiger partial charge < -0.3 is 9.47 Å². The van der Waals surface area contributed by atoms with Gasteiger partial charge in [0.25, 0.3) is 0 Å². The minimum absolute atomic E-state index is 0.0693. The molecule has 12 rings (SSSR count). The maximum Gasteiger partial charge on any atom is 0.0543 e. The third-order valence-corrected chi connectivity index (χ3v) is 12.4. The third-order valence-electron chi connectivity index (χ3n) is 12.4. The van der Waals surface area contributed by atoms with Crippen LogP contribution in [0.15, 0.2) is 182 Å². The molecule has 0 aliphatic heterocycles. The molecule has 2 aliphatic carbocycles. The Kier molecular flexibility index (Phi) is 6.15. The van der Waals surface area contributed by atoms with E-state index in [2.05, 4.69) is 205 Å². The van der Waals surface area contributed by atoms with Crippen molar-refractivity contribution in [2.75, 3.05) is 4.90 Å². The summed E-state index contributed by atoms with van der Waals surface area (Å²) in [4.78, 5) is 2.45. The highest BCUT2D eigenvalue weighted by molar-refractivity contribution is 6.13. The van der Waals surface area contributed by atoms with E-state index >= 15 is 0 Å². The predicted octanol–water partition coefficient (Wildman–Crippen LogP) is 14.5. The van der Waals surface area contributed by atoms with Crippen LogP contribution in [0.25, 0.3) is 82.4 Å². The maximum absolute atomic E-state index is 2.45. The number of hydrogen-bond acceptors (Lipinski definition) is 1. The minimum Gasteiger partial charge on any atom is -0.310 e. The molecule has 2 aliphatic rings. The molecule has 0 N–H and O–H groups in total. The van der Waals surface area contributed by atoms with E-state index in [1.54, 1.807) is 0 Å². The summed E-state index contributed by atoms with van der Waals surface area (Å²) in [6.07, 6.45) is 0. The zero-order valence-corrected chi connectivity index (χ0v) is 30.7. The fourth-order valence-corrected chi connectivity index (χ4v) is 9.80. The Morgan fingerprint density at radius 2 is 0.964 bits per heavy atom. The van der Waals surface area contributed by atoms with Crippen LogP contribution in [-0.2, 0) is 5.41 Å². The first-order valence-electron chi connectivity index (χ1n) is 19.3. The predicted molar refractivity (Wildman–Crippen MR) is 232 cm³/mol. The number of hydrogen-bond donors (Lipinski definition) is 0. The molecule has 0 amide bonds. The molecule has 258 valence electrons. The topological polar surface area (TPSA) is 8.17 Å². The van der Waals surface area contributed by atoms with Crippen LogP contribution in [-0.4, -0.2) is 4.57 Å². The van der Waals surface area contributed by atoms with Gasteiger partial charge in [0.1, 0.15) is 0 Å². The van der Waals surface area contributed by atoms with Gasteiger partial charge in [0.15, 0.2) is 0 Å². The van der Waals surface area contributed by atoms with Crippen molar-refractivity contribution < 1.29 is 0 Å². The van der Waals surface area contributed by atoms with E-state index in [0.29, 0.717) is 0 Å². The number of aromatic nitrogens is 1. The fraction of sp³-hybridized carbons (Fsp3) is 0.0566. The molecule has 0 spiro atoms. The van der Waals surface area contributed by atoms with E-state index < -0.39 is 0 Å². The second kappa shape index (κ2) is 11.1. The van der Waals surface area contributed by atoms with Gasteiger partial charge in [-0.2, -0.15) is 0 Å². The largest absolute Gasteiger partial charge is 0.310 e. The summed E-state index contributed by atoms with van der Waals surface area (Å²) in [6, 6.07) is 67.6. The minimum atomic E-state index is -0.0693. The quantitative estimate of drug-likeness (QED) is 0.177. The van der Waals surface area contributed by atoms with Crippen molar-refractivity contribution in [1.29, 1.82) is 0 Å². The summed E-state index contributed by atoms with van der Waals surface area (Å²) < 4.78 is 2.41. The average molecular weight is 701 g/mol. The Morgan fingerprint density at radius 3 is 1.67 bits per heavy atom. The van der Waals surface area contributed by atoms with Crippen molar-refractivity contribution in [1.82, 2.24) is 4.57 Å². The molecule has 0 fully saturated rings. The molecule has 55 heavy (non-hydrogen) atoms. The molecule has 0 radical (unpaired) electrons. The van der Waals surface area contributed by atoms with Gasteiger partial charge in [-0.3, -0.25) is 0 Å². The van der Waals surface area contributed by atoms with Crippen molar-refractivity contribution in [2.24, 2.45) is 0 Å². The molecule has 2 heteroatoms. The second-order valence-corrected chi connectivity index (χ2v) is 15.8. The number of nitrogens with zero attached hydrogens (tertiary/aromatic N) is 2. The molecule has 2 nitrogen and oxygen atoms in total. The van der Waals surface area contributed by atoms with E-state index in [1.807, 2.05) is 0 Å². The SMILES string of the molecule is CC1(C)c2ccccc2-c2c(N(c3ccccc3)c3ccc4cc5c(cc4c3)-c3cc4ccc(-n6c7ccccc7c7ccccc76)cc4cc3-5)cccc21. The summed E-state index contributed by atoms with van der Waals surface area (Å²) in [5, 5.41) is 7.60. The summed E-state index contributed by atoms with van der Waals surface area (Å²) >= 11 is 0. The lowest BCUT2D eigenvalue weighted by Crippen LogP contribution is -2.16. The molecular weight excluding hydrogens is 665 g/mol. The molecular formula is C53H36N2. The number of rotatable bonds is 4. The van der Waals surface area contributed by atoms with Crippen molar-refractivity contribution in [3.05, 3.63) is 193 Å². The highest BCUT2D eigenvalue weighted by Crippen LogP contribution is 2.55. The first-order chi connectivity index (χ1) is 27.0. The number of benzene rings is 9. The highest BCUT2D eigenvalue weighted by Gasteiger charge is 2.37. The molecule has 0 saturated heterocycles. The Bertz CT molecular complexity index is 3180. The Balaban J connectivity index is 0.975. The fourth-order valence-electron chi connectivity index (χ4n) is 9.80. The van der Waals surface area contributed by atoms with E-state index in [4.69, 9.17) is 0 Å². The van der Waals surface area contributed by atoms with Gasteiger partial charge in [0.05, 0.1) is 16.7 Å². The van der Waals surface area contributed by atoms with E-state index in [1.165, 1.54) is 99.2 Å². The van der Waals surface area contributed by atoms with E-state index in [9.17, 15) is 0 Å². The summed E-state index contributed by atoms with van der Waals surface area (Å²) in [7, 11) is 0. The van der Waals surface area contributed by atoms with Crippen molar-refractivity contribution in [3.63, 3.8) is 0 Å². The monoisotopic (exact) mass is 700 g/mol. The number of anilines is 3. The second-order valence-electron chi connectivity index (χ2n) is 15.8. The Morgan fingerprint density at radius 1 is 0.400 bits per heavy atom. The number of fused-ring (bicyclic) bond motifs is 12. The average Bonchev–Trinajstić information content (AvgIpc) is 3.69. The molecule has 1 heterocycles. The summed E-state index contributed by atoms with van der Waals surface area (Å²) in [6.45, 7) is 4.71. The van der Waals surface area contributed by atoms with Crippen LogP contribution < -0.4 is 4.90 Å². The third kappa shape index (κ3) is 4.25. The standard InChI is InChI=1S/C53H36N2/c1-53(2)47-18-9-6-17-42(47)52-48(53)19-12-22-51(52)54(37-13-4-3-5-14-37)38-25-23-33-29-43-45(31-35(33)27-38)44-30-34-24-26-39(28-36(34)32-46(43)44)55-49-20-10-7-15-40(49)41-16-8-11-21-50(41)55/h3-32H,1-2H3. The molecule has 0 saturated carbocycles. The van der Waals surface area contributed by atoms with E-state index in [0.717, 1.165) is 11.4 Å². The van der Waals surface area contributed by atoms with Gasteiger partial charge in [0, 0.05) is 38.8 Å². The molecule has 0 unspecified atom stereocenters. The first-order valence-corrected chi connectivity index (χ1v) is 19.3. The summed E-state index contributed by atoms with van der Waals surface area (Å²) in [5.41, 5.74) is 17.9. The van der Waals surface area contributed by atoms with Gasteiger partial charge in [-0.05, 0) is 139 Å². The van der Waals surface area contributed by atoms with Gasteiger partial charge >= 0.3 is 0 Å². The van der Waals surface area contributed by atoms with Crippen molar-refractivity contribution >= 4 is 60.4 Å². The molecule has 0 atom stereocenters. The van der Waals surface area contributed by atoms with Crippen LogP contribution in [0, 0.1) is 0 Å². The Hall–Kier alpha value is -6.90. The van der Waals surface area contributed by atoms with Crippen molar-refractivity contribution in [3.8, 4) is 39.1 Å². The Labute approximate surface area is 320 Å². The lowest BCUT2D eigenvalue weighted by Gasteiger charge is -2.29. The summed E-state index contributed by atoms with van der Waals surface area (Å²) in [5.74, 6) is 0. The zero-order valence-electron chi connectivity index (χ0n) is 30.7. The first kappa shape index (κ1) is 30.6. The molecule has 0 bridgehead atoms. The lowest BCUT2D eigenvalue weighted by atomic mass is 9.78. The van der Waals surface area contributed by atoms with Crippen LogP contribution in [0.3, 0.4) is 0 Å². The highest BCUT2D eigenvalue weighted by atomic mass is 15.1. The van der Waals surface area contributed by atoms with Crippen LogP contribution in [0.4, 0.5) is 17.1 Å². The number of para-hydroxylation sites is 3. The smallest absolute Gasteiger partial charge is 0.0543 e. The molecule has 10 aromatic rings. The van der Waals surface area contributed by atoms with Gasteiger partial charge in [-0.15, -0.1) is 0 Å². The normalized spacial score (nSPS) is 13.4. The van der Waals surface area contributed by atoms with Crippen LogP contribution in [0.2, 0.25) is 0 Å². The van der Waals surface area contributed by atoms with Gasteiger partial charge in [-0.25, -0.2) is 0 Å². The van der Waals surface area contributed by atoms with E-state index in [-0.39, 0.29) is 5.41 Å². The van der Waals surface area contributed by atoms with Crippen molar-refractivity contribution in [2.45, 2.75) is 19.3 Å². The molecule has 9 aromatic carbocycles. The zero-order chi connectivity index (χ0) is 36.4.